The van der Waals surface area contributed by atoms with Crippen LogP contribution in [0, 0.1) is 0 Å². The van der Waals surface area contributed by atoms with Gasteiger partial charge in [-0.25, -0.2) is 10.3 Å². The van der Waals surface area contributed by atoms with Crippen molar-refractivity contribution in [3.63, 3.8) is 0 Å². The fraction of sp³-hybridized carbons (Fsp3) is 0.292. The van der Waals surface area contributed by atoms with Gasteiger partial charge in [0.25, 0.3) is 5.91 Å². The summed E-state index contributed by atoms with van der Waals surface area (Å²) in [5.41, 5.74) is 4.46. The second kappa shape index (κ2) is 9.05. The number of fused-ring (bicyclic) bond motifs is 2. The fourth-order valence-corrected chi connectivity index (χ4v) is 4.28. The van der Waals surface area contributed by atoms with E-state index in [1.165, 1.54) is 0 Å². The SMILES string of the molecule is O=C(NO)c1ccc2c(c1)OC[C@@H](c1ccc3cccnc3c1)N(C(=O)N1CCOCC1)C2. The third-order valence-corrected chi connectivity index (χ3v) is 6.09. The Morgan fingerprint density at radius 3 is 2.76 bits per heavy atom. The monoisotopic (exact) mass is 448 g/mol. The molecule has 1 saturated heterocycles. The van der Waals surface area contributed by atoms with Gasteiger partial charge in [0.05, 0.1) is 31.3 Å². The van der Waals surface area contributed by atoms with Crippen LogP contribution < -0.4 is 10.2 Å². The van der Waals surface area contributed by atoms with Crippen LogP contribution in [0.2, 0.25) is 0 Å². The highest BCUT2D eigenvalue weighted by Crippen LogP contribution is 2.34. The van der Waals surface area contributed by atoms with Crippen LogP contribution in [-0.4, -0.2) is 64.8 Å². The van der Waals surface area contributed by atoms with E-state index < -0.39 is 5.91 Å². The molecule has 5 rings (SSSR count). The highest BCUT2D eigenvalue weighted by molar-refractivity contribution is 5.93. The predicted molar refractivity (Wildman–Crippen MR) is 119 cm³/mol. The van der Waals surface area contributed by atoms with Crippen molar-refractivity contribution in [3.8, 4) is 5.75 Å². The lowest BCUT2D eigenvalue weighted by Gasteiger charge is -2.36. The predicted octanol–water partition coefficient (Wildman–Crippen LogP) is 2.74. The molecule has 0 bridgehead atoms. The summed E-state index contributed by atoms with van der Waals surface area (Å²) in [6, 6.07) is 14.4. The number of hydroxylamine groups is 1. The first-order chi connectivity index (χ1) is 16.1. The Hall–Kier alpha value is -3.69. The third kappa shape index (κ3) is 4.20. The molecule has 3 amide bonds. The molecular formula is C24H24N4O5. The molecule has 2 aliphatic heterocycles. The summed E-state index contributed by atoms with van der Waals surface area (Å²) in [6.45, 7) is 2.62. The average Bonchev–Trinajstić information content (AvgIpc) is 3.07. The number of aromatic nitrogens is 1. The van der Waals surface area contributed by atoms with Crippen LogP contribution in [0.25, 0.3) is 10.9 Å². The van der Waals surface area contributed by atoms with Gasteiger partial charge < -0.3 is 19.3 Å². The normalized spacial score (nSPS) is 18.3. The summed E-state index contributed by atoms with van der Waals surface area (Å²) in [6.07, 6.45) is 1.75. The Bertz CT molecular complexity index is 1190. The summed E-state index contributed by atoms with van der Waals surface area (Å²) < 4.78 is 11.5. The molecule has 1 fully saturated rings. The zero-order valence-corrected chi connectivity index (χ0v) is 17.9. The zero-order valence-electron chi connectivity index (χ0n) is 17.9. The number of amides is 3. The number of rotatable bonds is 2. The van der Waals surface area contributed by atoms with Crippen LogP contribution in [0.4, 0.5) is 4.79 Å². The van der Waals surface area contributed by atoms with E-state index in [9.17, 15) is 9.59 Å². The van der Waals surface area contributed by atoms with Gasteiger partial charge in [-0.15, -0.1) is 0 Å². The fourth-order valence-electron chi connectivity index (χ4n) is 4.28. The Kier molecular flexibility index (Phi) is 5.80. The lowest BCUT2D eigenvalue weighted by Crippen LogP contribution is -2.49. The standard InChI is InChI=1S/C24H24N4O5/c29-23(26-31)18-5-6-19-14-28(24(30)27-8-10-32-11-9-27)21(15-33-22(19)13-18)17-4-3-16-2-1-7-25-20(16)12-17/h1-7,12-13,21,31H,8-11,14-15H2,(H,26,29)/t21-/m0/s1. The van der Waals surface area contributed by atoms with Gasteiger partial charge in [0.1, 0.15) is 12.4 Å². The molecule has 33 heavy (non-hydrogen) atoms. The minimum Gasteiger partial charge on any atom is -0.491 e. The number of morpholine rings is 1. The molecule has 0 radical (unpaired) electrons. The van der Waals surface area contributed by atoms with Crippen LogP contribution in [0.1, 0.15) is 27.5 Å². The van der Waals surface area contributed by atoms with E-state index in [4.69, 9.17) is 14.7 Å². The van der Waals surface area contributed by atoms with Gasteiger partial charge in [-0.3, -0.25) is 15.0 Å². The lowest BCUT2D eigenvalue weighted by molar-refractivity contribution is 0.0362. The number of nitrogens with one attached hydrogen (secondary N) is 1. The van der Waals surface area contributed by atoms with Gasteiger partial charge >= 0.3 is 6.03 Å². The molecule has 0 unspecified atom stereocenters. The van der Waals surface area contributed by atoms with E-state index in [1.807, 2.05) is 35.2 Å². The van der Waals surface area contributed by atoms with Crippen LogP contribution in [0.15, 0.2) is 54.7 Å². The van der Waals surface area contributed by atoms with E-state index in [2.05, 4.69) is 4.98 Å². The molecule has 3 heterocycles. The molecule has 170 valence electrons. The van der Waals surface area contributed by atoms with Gasteiger partial charge in [-0.05, 0) is 29.8 Å². The van der Waals surface area contributed by atoms with E-state index in [0.29, 0.717) is 38.6 Å². The van der Waals surface area contributed by atoms with Gasteiger partial charge in [0.15, 0.2) is 0 Å². The number of hydrogen-bond acceptors (Lipinski definition) is 6. The maximum absolute atomic E-state index is 13.6. The maximum atomic E-state index is 13.6. The molecule has 3 aromatic rings. The maximum Gasteiger partial charge on any atom is 0.321 e. The van der Waals surface area contributed by atoms with Crippen LogP contribution in [-0.2, 0) is 11.3 Å². The third-order valence-electron chi connectivity index (χ3n) is 6.09. The Labute approximate surface area is 190 Å². The topological polar surface area (TPSA) is 104 Å². The smallest absolute Gasteiger partial charge is 0.321 e. The molecule has 0 spiro atoms. The van der Waals surface area contributed by atoms with Crippen molar-refractivity contribution in [2.24, 2.45) is 0 Å². The molecule has 9 heteroatoms. The quantitative estimate of drug-likeness (QED) is 0.462. The van der Waals surface area contributed by atoms with Crippen molar-refractivity contribution in [2.45, 2.75) is 12.6 Å². The first kappa shape index (κ1) is 21.2. The largest absolute Gasteiger partial charge is 0.491 e. The number of urea groups is 1. The number of carbonyl (C=O) groups is 2. The number of hydrogen-bond donors (Lipinski definition) is 2. The second-order valence-electron chi connectivity index (χ2n) is 8.06. The summed E-state index contributed by atoms with van der Waals surface area (Å²) in [5, 5.41) is 9.99. The van der Waals surface area contributed by atoms with Crippen molar-refractivity contribution in [3.05, 3.63) is 71.4 Å². The minimum absolute atomic E-state index is 0.0851. The van der Waals surface area contributed by atoms with E-state index >= 15 is 0 Å². The van der Waals surface area contributed by atoms with Gasteiger partial charge in [0.2, 0.25) is 0 Å². The molecule has 2 N–H and O–H groups in total. The second-order valence-corrected chi connectivity index (χ2v) is 8.06. The Morgan fingerprint density at radius 2 is 1.94 bits per heavy atom. The molecule has 2 aliphatic rings. The average molecular weight is 448 g/mol. The zero-order chi connectivity index (χ0) is 22.8. The Balaban J connectivity index is 1.53. The van der Waals surface area contributed by atoms with Crippen LogP contribution >= 0.6 is 0 Å². The molecular weight excluding hydrogens is 424 g/mol. The molecule has 0 saturated carbocycles. The summed E-state index contributed by atoms with van der Waals surface area (Å²) >= 11 is 0. The molecule has 0 aliphatic carbocycles. The van der Waals surface area contributed by atoms with Crippen molar-refractivity contribution >= 4 is 22.8 Å². The van der Waals surface area contributed by atoms with Crippen molar-refractivity contribution < 1.29 is 24.3 Å². The highest BCUT2D eigenvalue weighted by Gasteiger charge is 2.33. The van der Waals surface area contributed by atoms with Crippen LogP contribution in [0.5, 0.6) is 5.75 Å². The van der Waals surface area contributed by atoms with Gasteiger partial charge in [0, 0.05) is 35.8 Å². The number of benzene rings is 2. The summed E-state index contributed by atoms with van der Waals surface area (Å²) in [7, 11) is 0. The molecule has 2 aromatic carbocycles. The first-order valence-electron chi connectivity index (χ1n) is 10.8. The lowest BCUT2D eigenvalue weighted by atomic mass is 10.0. The van der Waals surface area contributed by atoms with Crippen molar-refractivity contribution in [1.82, 2.24) is 20.3 Å². The number of pyridine rings is 1. The molecule has 9 nitrogen and oxygen atoms in total. The minimum atomic E-state index is -0.621. The van der Waals surface area contributed by atoms with E-state index in [1.54, 1.807) is 34.8 Å². The number of carbonyl (C=O) groups excluding carboxylic acids is 2. The molecule has 1 atom stereocenters. The first-order valence-corrected chi connectivity index (χ1v) is 10.8. The van der Waals surface area contributed by atoms with E-state index in [0.717, 1.165) is 22.0 Å². The van der Waals surface area contributed by atoms with Crippen LogP contribution in [0.3, 0.4) is 0 Å². The molecule has 1 aromatic heterocycles. The van der Waals surface area contributed by atoms with Crippen molar-refractivity contribution in [1.29, 1.82) is 0 Å². The highest BCUT2D eigenvalue weighted by atomic mass is 16.5. The Morgan fingerprint density at radius 1 is 1.09 bits per heavy atom. The number of nitrogens with zero attached hydrogens (tertiary/aromatic N) is 3. The number of ether oxygens (including phenoxy) is 2. The summed E-state index contributed by atoms with van der Waals surface area (Å²) in [4.78, 5) is 33.6. The summed E-state index contributed by atoms with van der Waals surface area (Å²) in [5.74, 6) is -0.110. The van der Waals surface area contributed by atoms with Gasteiger partial charge in [-0.2, -0.15) is 0 Å². The van der Waals surface area contributed by atoms with E-state index in [-0.39, 0.29) is 24.2 Å². The van der Waals surface area contributed by atoms with Gasteiger partial charge in [-0.1, -0.05) is 24.3 Å². The van der Waals surface area contributed by atoms with Crippen molar-refractivity contribution in [2.75, 3.05) is 32.9 Å².